The predicted octanol–water partition coefficient (Wildman–Crippen LogP) is 3.45. The number of benzene rings is 1. The van der Waals surface area contributed by atoms with Crippen LogP contribution in [0.15, 0.2) is 12.1 Å². The number of rotatable bonds is 3. The summed E-state index contributed by atoms with van der Waals surface area (Å²) < 4.78 is 38.9. The minimum Gasteiger partial charge on any atom is -0.327 e. The molecule has 2 rings (SSSR count). The van der Waals surface area contributed by atoms with Gasteiger partial charge in [-0.25, -0.2) is 13.2 Å². The van der Waals surface area contributed by atoms with Gasteiger partial charge in [-0.15, -0.1) is 0 Å². The fraction of sp³-hybridized carbons (Fsp3) is 0.538. The van der Waals surface area contributed by atoms with Crippen LogP contribution in [0, 0.1) is 12.7 Å². The van der Waals surface area contributed by atoms with Crippen molar-refractivity contribution < 1.29 is 13.2 Å². The van der Waals surface area contributed by atoms with Crippen molar-refractivity contribution >= 4 is 0 Å². The molecular weight excluding hydrogens is 227 g/mol. The SMILES string of the molecule is Cc1cc(C2(C(C)N)CC2)cc(F)c1C(F)F. The third-order valence-electron chi connectivity index (χ3n) is 3.79. The lowest BCUT2D eigenvalue weighted by molar-refractivity contribution is 0.145. The Morgan fingerprint density at radius 3 is 2.24 bits per heavy atom. The van der Waals surface area contributed by atoms with Crippen LogP contribution in [-0.4, -0.2) is 6.04 Å². The summed E-state index contributed by atoms with van der Waals surface area (Å²) in [7, 11) is 0. The van der Waals surface area contributed by atoms with Crippen LogP contribution in [0.25, 0.3) is 0 Å². The molecule has 0 heterocycles. The summed E-state index contributed by atoms with van der Waals surface area (Å²) in [5, 5.41) is 0. The molecule has 1 aromatic rings. The van der Waals surface area contributed by atoms with Gasteiger partial charge in [0.1, 0.15) is 5.82 Å². The first kappa shape index (κ1) is 12.4. The topological polar surface area (TPSA) is 26.0 Å². The van der Waals surface area contributed by atoms with Crippen LogP contribution in [0.2, 0.25) is 0 Å². The van der Waals surface area contributed by atoms with Crippen molar-refractivity contribution in [1.82, 2.24) is 0 Å². The fourth-order valence-corrected chi connectivity index (χ4v) is 2.46. The first-order valence-corrected chi connectivity index (χ1v) is 5.73. The Labute approximate surface area is 98.8 Å². The smallest absolute Gasteiger partial charge is 0.266 e. The second-order valence-corrected chi connectivity index (χ2v) is 4.93. The number of hydrogen-bond donors (Lipinski definition) is 1. The lowest BCUT2D eigenvalue weighted by Crippen LogP contribution is -2.31. The minimum atomic E-state index is -2.77. The van der Waals surface area contributed by atoms with Crippen LogP contribution < -0.4 is 5.73 Å². The van der Waals surface area contributed by atoms with Crippen LogP contribution in [0.5, 0.6) is 0 Å². The molecule has 4 heteroatoms. The van der Waals surface area contributed by atoms with Crippen LogP contribution >= 0.6 is 0 Å². The molecule has 1 unspecified atom stereocenters. The molecule has 1 aliphatic rings. The monoisotopic (exact) mass is 243 g/mol. The molecule has 0 amide bonds. The van der Waals surface area contributed by atoms with Crippen molar-refractivity contribution in [2.75, 3.05) is 0 Å². The van der Waals surface area contributed by atoms with E-state index in [2.05, 4.69) is 0 Å². The van der Waals surface area contributed by atoms with E-state index >= 15 is 0 Å². The Kier molecular flexibility index (Phi) is 2.94. The third kappa shape index (κ3) is 1.95. The number of aryl methyl sites for hydroxylation is 1. The molecule has 1 saturated carbocycles. The maximum Gasteiger partial charge on any atom is 0.266 e. The Morgan fingerprint density at radius 1 is 1.29 bits per heavy atom. The second-order valence-electron chi connectivity index (χ2n) is 4.93. The molecule has 1 atom stereocenters. The second kappa shape index (κ2) is 4.02. The van der Waals surface area contributed by atoms with Crippen LogP contribution in [0.3, 0.4) is 0 Å². The van der Waals surface area contributed by atoms with Gasteiger partial charge in [-0.05, 0) is 43.9 Å². The van der Waals surface area contributed by atoms with Gasteiger partial charge in [0.15, 0.2) is 0 Å². The summed E-state index contributed by atoms with van der Waals surface area (Å²) in [5.74, 6) is -0.818. The lowest BCUT2D eigenvalue weighted by Gasteiger charge is -2.21. The van der Waals surface area contributed by atoms with Crippen molar-refractivity contribution in [2.24, 2.45) is 5.73 Å². The normalized spacial score (nSPS) is 19.5. The van der Waals surface area contributed by atoms with Gasteiger partial charge >= 0.3 is 0 Å². The van der Waals surface area contributed by atoms with Crippen molar-refractivity contribution in [3.8, 4) is 0 Å². The molecule has 1 fully saturated rings. The molecule has 0 spiro atoms. The lowest BCUT2D eigenvalue weighted by atomic mass is 9.87. The highest BCUT2D eigenvalue weighted by Crippen LogP contribution is 2.51. The van der Waals surface area contributed by atoms with E-state index in [0.29, 0.717) is 5.56 Å². The number of nitrogens with two attached hydrogens (primary N) is 1. The Balaban J connectivity index is 2.47. The summed E-state index contributed by atoms with van der Waals surface area (Å²) in [4.78, 5) is 0. The van der Waals surface area contributed by atoms with E-state index in [0.717, 1.165) is 18.4 Å². The van der Waals surface area contributed by atoms with Crippen molar-refractivity contribution in [2.45, 2.75) is 44.6 Å². The summed E-state index contributed by atoms with van der Waals surface area (Å²) in [5.41, 5.74) is 6.26. The Hall–Kier alpha value is -1.03. The zero-order valence-electron chi connectivity index (χ0n) is 9.93. The molecule has 0 bridgehead atoms. The Morgan fingerprint density at radius 2 is 1.88 bits per heavy atom. The summed E-state index contributed by atoms with van der Waals surface area (Å²) in [6, 6.07) is 2.80. The van der Waals surface area contributed by atoms with Crippen molar-refractivity contribution in [3.63, 3.8) is 0 Å². The maximum absolute atomic E-state index is 13.7. The summed E-state index contributed by atoms with van der Waals surface area (Å²) in [6.07, 6.45) is -0.968. The maximum atomic E-state index is 13.7. The van der Waals surface area contributed by atoms with Gasteiger partial charge in [0, 0.05) is 11.5 Å². The molecule has 1 aromatic carbocycles. The number of hydrogen-bond acceptors (Lipinski definition) is 1. The highest BCUT2D eigenvalue weighted by Gasteiger charge is 2.47. The molecule has 0 saturated heterocycles. The molecule has 17 heavy (non-hydrogen) atoms. The van der Waals surface area contributed by atoms with Gasteiger partial charge < -0.3 is 5.73 Å². The first-order chi connectivity index (χ1) is 7.88. The summed E-state index contributed by atoms with van der Waals surface area (Å²) >= 11 is 0. The third-order valence-corrected chi connectivity index (χ3v) is 3.79. The highest BCUT2D eigenvalue weighted by atomic mass is 19.3. The quantitative estimate of drug-likeness (QED) is 0.864. The van der Waals surface area contributed by atoms with E-state index in [9.17, 15) is 13.2 Å². The van der Waals surface area contributed by atoms with Crippen molar-refractivity contribution in [1.29, 1.82) is 0 Å². The minimum absolute atomic E-state index is 0.0845. The highest BCUT2D eigenvalue weighted by molar-refractivity contribution is 5.41. The Bertz CT molecular complexity index is 413. The predicted molar refractivity (Wildman–Crippen MR) is 60.7 cm³/mol. The van der Waals surface area contributed by atoms with E-state index < -0.39 is 17.8 Å². The molecule has 0 aromatic heterocycles. The van der Waals surface area contributed by atoms with E-state index in [4.69, 9.17) is 5.73 Å². The zero-order valence-corrected chi connectivity index (χ0v) is 9.93. The molecular formula is C13H16F3N. The average molecular weight is 243 g/mol. The largest absolute Gasteiger partial charge is 0.327 e. The van der Waals surface area contributed by atoms with E-state index in [1.165, 1.54) is 13.0 Å². The van der Waals surface area contributed by atoms with E-state index in [1.807, 2.05) is 6.92 Å². The van der Waals surface area contributed by atoms with Crippen molar-refractivity contribution in [3.05, 3.63) is 34.6 Å². The average Bonchev–Trinajstić information content (AvgIpc) is 2.95. The van der Waals surface area contributed by atoms with Crippen LogP contribution in [-0.2, 0) is 5.41 Å². The first-order valence-electron chi connectivity index (χ1n) is 5.73. The zero-order chi connectivity index (χ0) is 12.8. The molecule has 0 radical (unpaired) electrons. The van der Waals surface area contributed by atoms with E-state index in [1.54, 1.807) is 6.07 Å². The summed E-state index contributed by atoms with van der Waals surface area (Å²) in [6.45, 7) is 3.40. The van der Waals surface area contributed by atoms with Gasteiger partial charge in [-0.2, -0.15) is 0 Å². The molecule has 1 nitrogen and oxygen atoms in total. The van der Waals surface area contributed by atoms with Gasteiger partial charge in [-0.3, -0.25) is 0 Å². The molecule has 1 aliphatic carbocycles. The molecule has 2 N–H and O–H groups in total. The molecule has 94 valence electrons. The van der Waals surface area contributed by atoms with E-state index in [-0.39, 0.29) is 11.5 Å². The number of halogens is 3. The molecule has 0 aliphatic heterocycles. The fourth-order valence-electron chi connectivity index (χ4n) is 2.46. The van der Waals surface area contributed by atoms with Gasteiger partial charge in [0.2, 0.25) is 0 Å². The van der Waals surface area contributed by atoms with Crippen LogP contribution in [0.4, 0.5) is 13.2 Å². The van der Waals surface area contributed by atoms with Gasteiger partial charge in [0.05, 0.1) is 5.56 Å². The van der Waals surface area contributed by atoms with Gasteiger partial charge in [-0.1, -0.05) is 6.07 Å². The standard InChI is InChI=1S/C13H16F3N/c1-7-5-9(13(3-4-13)8(2)17)6-10(14)11(7)12(15)16/h5-6,8,12H,3-4,17H2,1-2H3. The van der Waals surface area contributed by atoms with Crippen LogP contribution in [0.1, 0.15) is 42.9 Å². The van der Waals surface area contributed by atoms with Gasteiger partial charge in [0.25, 0.3) is 6.43 Å². The number of alkyl halides is 2.